The fourth-order valence-electron chi connectivity index (χ4n) is 3.95. The number of aromatic nitrogens is 3. The number of carbonyl (C=O) groups is 3. The van der Waals surface area contributed by atoms with Gasteiger partial charge in [-0.15, -0.1) is 0 Å². The summed E-state index contributed by atoms with van der Waals surface area (Å²) in [6, 6.07) is 11.2. The summed E-state index contributed by atoms with van der Waals surface area (Å²) < 4.78 is 1.37. The maximum Gasteiger partial charge on any atom is 0.411 e. The molecule has 0 saturated heterocycles. The SMILES string of the molecule is NC(=O)C(O)C(Cc1ccccc1)NC(=O)c1cccnc1-n1cc2c(n1)CCCN2C(=O)O. The Hall–Kier alpha value is -4.25. The molecule has 11 heteroatoms. The lowest BCUT2D eigenvalue weighted by molar-refractivity contribution is -0.127. The number of amides is 3. The molecule has 0 radical (unpaired) electrons. The van der Waals surface area contributed by atoms with Crippen molar-refractivity contribution in [3.63, 3.8) is 0 Å². The maximum absolute atomic E-state index is 13.2. The average Bonchev–Trinajstić information content (AvgIpc) is 3.28. The third kappa shape index (κ3) is 4.74. The molecule has 34 heavy (non-hydrogen) atoms. The number of nitrogens with one attached hydrogen (secondary N) is 1. The molecule has 1 aromatic carbocycles. The molecule has 1 aliphatic rings. The number of aryl methyl sites for hydroxylation is 1. The highest BCUT2D eigenvalue weighted by Gasteiger charge is 2.29. The lowest BCUT2D eigenvalue weighted by Gasteiger charge is -2.23. The molecule has 0 spiro atoms. The number of hydrogen-bond donors (Lipinski definition) is 4. The summed E-state index contributed by atoms with van der Waals surface area (Å²) in [5.74, 6) is -1.36. The summed E-state index contributed by atoms with van der Waals surface area (Å²) in [6.07, 6.45) is 1.75. The number of nitrogens with two attached hydrogens (primary N) is 1. The maximum atomic E-state index is 13.2. The molecule has 0 fully saturated rings. The molecule has 1 aliphatic heterocycles. The van der Waals surface area contributed by atoms with E-state index in [1.807, 2.05) is 30.3 Å². The highest BCUT2D eigenvalue weighted by molar-refractivity contribution is 5.98. The van der Waals surface area contributed by atoms with Crippen molar-refractivity contribution in [2.45, 2.75) is 31.4 Å². The molecule has 2 unspecified atom stereocenters. The number of aliphatic hydroxyl groups excluding tert-OH is 1. The second-order valence-electron chi connectivity index (χ2n) is 7.93. The second kappa shape index (κ2) is 9.71. The third-order valence-electron chi connectivity index (χ3n) is 5.62. The van der Waals surface area contributed by atoms with E-state index in [-0.39, 0.29) is 17.8 Å². The normalized spacial score (nSPS) is 14.7. The van der Waals surface area contributed by atoms with Crippen LogP contribution in [0.3, 0.4) is 0 Å². The summed E-state index contributed by atoms with van der Waals surface area (Å²) >= 11 is 0. The third-order valence-corrected chi connectivity index (χ3v) is 5.62. The zero-order valence-corrected chi connectivity index (χ0v) is 18.2. The number of carboxylic acid groups (broad SMARTS) is 1. The molecular formula is C23H24N6O5. The van der Waals surface area contributed by atoms with Gasteiger partial charge >= 0.3 is 6.09 Å². The van der Waals surface area contributed by atoms with Crippen LogP contribution < -0.4 is 16.0 Å². The van der Waals surface area contributed by atoms with E-state index in [9.17, 15) is 24.6 Å². The lowest BCUT2D eigenvalue weighted by atomic mass is 10.0. The van der Waals surface area contributed by atoms with Gasteiger partial charge in [0, 0.05) is 12.7 Å². The summed E-state index contributed by atoms with van der Waals surface area (Å²) in [6.45, 7) is 0.357. The number of carbonyl (C=O) groups excluding carboxylic acids is 2. The summed E-state index contributed by atoms with van der Waals surface area (Å²) in [5, 5.41) is 26.9. The molecule has 5 N–H and O–H groups in total. The Morgan fingerprint density at radius 1 is 1.15 bits per heavy atom. The minimum Gasteiger partial charge on any atom is -0.465 e. The van der Waals surface area contributed by atoms with Gasteiger partial charge in [0.15, 0.2) is 11.9 Å². The van der Waals surface area contributed by atoms with E-state index in [0.717, 1.165) is 5.56 Å². The van der Waals surface area contributed by atoms with E-state index in [1.165, 1.54) is 28.0 Å². The number of benzene rings is 1. The van der Waals surface area contributed by atoms with Crippen LogP contribution in [0.1, 0.15) is 28.0 Å². The highest BCUT2D eigenvalue weighted by atomic mass is 16.4. The predicted octanol–water partition coefficient (Wildman–Crippen LogP) is 0.885. The fraction of sp³-hybridized carbons (Fsp3) is 0.261. The highest BCUT2D eigenvalue weighted by Crippen LogP contribution is 2.27. The zero-order chi connectivity index (χ0) is 24.2. The van der Waals surface area contributed by atoms with Gasteiger partial charge in [-0.05, 0) is 37.0 Å². The van der Waals surface area contributed by atoms with E-state index >= 15 is 0 Å². The molecule has 3 aromatic rings. The number of rotatable bonds is 7. The number of pyridine rings is 1. The minimum atomic E-state index is -1.61. The molecule has 11 nitrogen and oxygen atoms in total. The number of fused-ring (bicyclic) bond motifs is 1. The standard InChI is InChI=1S/C23H24N6O5/c24-20(31)19(30)17(12-14-6-2-1-3-7-14)26-22(32)15-8-4-10-25-21(15)29-13-18-16(27-29)9-5-11-28(18)23(33)34/h1-4,6-8,10,13,17,19,30H,5,9,11-12H2,(H2,24,31)(H,26,32)(H,33,34). The smallest absolute Gasteiger partial charge is 0.411 e. The molecule has 0 bridgehead atoms. The first-order valence-electron chi connectivity index (χ1n) is 10.7. The Labute approximate surface area is 194 Å². The van der Waals surface area contributed by atoms with Crippen molar-refractivity contribution in [2.75, 3.05) is 11.4 Å². The topological polar surface area (TPSA) is 164 Å². The number of aliphatic hydroxyl groups is 1. The number of primary amides is 1. The monoisotopic (exact) mass is 464 g/mol. The first kappa shape index (κ1) is 22.9. The van der Waals surface area contributed by atoms with Gasteiger partial charge in [-0.1, -0.05) is 30.3 Å². The number of anilines is 1. The van der Waals surface area contributed by atoms with Gasteiger partial charge < -0.3 is 21.3 Å². The summed E-state index contributed by atoms with van der Waals surface area (Å²) in [7, 11) is 0. The van der Waals surface area contributed by atoms with Crippen LogP contribution in [0, 0.1) is 0 Å². The Balaban J connectivity index is 1.63. The Bertz CT molecular complexity index is 1210. The van der Waals surface area contributed by atoms with E-state index in [1.54, 1.807) is 6.07 Å². The van der Waals surface area contributed by atoms with Crippen molar-refractivity contribution in [3.8, 4) is 5.82 Å². The molecule has 0 aliphatic carbocycles. The lowest BCUT2D eigenvalue weighted by Crippen LogP contribution is -2.50. The molecule has 2 aromatic heterocycles. The van der Waals surface area contributed by atoms with E-state index < -0.39 is 30.1 Å². The summed E-state index contributed by atoms with van der Waals surface area (Å²) in [5.41, 5.74) is 7.28. The first-order chi connectivity index (χ1) is 16.3. The van der Waals surface area contributed by atoms with Gasteiger partial charge in [0.25, 0.3) is 5.91 Å². The van der Waals surface area contributed by atoms with Gasteiger partial charge in [-0.25, -0.2) is 14.5 Å². The van der Waals surface area contributed by atoms with Gasteiger partial charge in [-0.3, -0.25) is 14.5 Å². The molecule has 2 atom stereocenters. The van der Waals surface area contributed by atoms with Gasteiger partial charge in [0.05, 0.1) is 29.2 Å². The first-order valence-corrected chi connectivity index (χ1v) is 10.7. The van der Waals surface area contributed by atoms with Crippen LogP contribution in [0.4, 0.5) is 10.5 Å². The molecule has 4 rings (SSSR count). The van der Waals surface area contributed by atoms with Crippen LogP contribution in [0.5, 0.6) is 0 Å². The number of hydrogen-bond acceptors (Lipinski definition) is 6. The number of nitrogens with zero attached hydrogens (tertiary/aromatic N) is 4. The zero-order valence-electron chi connectivity index (χ0n) is 18.2. The second-order valence-corrected chi connectivity index (χ2v) is 7.93. The minimum absolute atomic E-state index is 0.138. The van der Waals surface area contributed by atoms with Gasteiger partial charge in [0.1, 0.15) is 0 Å². The van der Waals surface area contributed by atoms with Crippen LogP contribution in [-0.4, -0.2) is 61.6 Å². The van der Waals surface area contributed by atoms with Crippen LogP contribution in [0.15, 0.2) is 54.9 Å². The van der Waals surface area contributed by atoms with Crippen molar-refractivity contribution < 1.29 is 24.6 Å². The Kier molecular flexibility index (Phi) is 6.55. The molecule has 3 heterocycles. The van der Waals surface area contributed by atoms with E-state index in [4.69, 9.17) is 5.73 Å². The molecule has 0 saturated carbocycles. The Morgan fingerprint density at radius 3 is 2.62 bits per heavy atom. The quantitative estimate of drug-likeness (QED) is 0.403. The van der Waals surface area contributed by atoms with Crippen LogP contribution >= 0.6 is 0 Å². The molecular weight excluding hydrogens is 440 g/mol. The van der Waals surface area contributed by atoms with Crippen LogP contribution in [0.25, 0.3) is 5.82 Å². The largest absolute Gasteiger partial charge is 0.465 e. The molecule has 3 amide bonds. The van der Waals surface area contributed by atoms with Crippen LogP contribution in [0.2, 0.25) is 0 Å². The van der Waals surface area contributed by atoms with Crippen molar-refractivity contribution in [1.82, 2.24) is 20.1 Å². The van der Waals surface area contributed by atoms with Gasteiger partial charge in [-0.2, -0.15) is 5.10 Å². The summed E-state index contributed by atoms with van der Waals surface area (Å²) in [4.78, 5) is 42.0. The van der Waals surface area contributed by atoms with Crippen molar-refractivity contribution in [1.29, 1.82) is 0 Å². The van der Waals surface area contributed by atoms with E-state index in [2.05, 4.69) is 15.4 Å². The molecule has 176 valence electrons. The fourth-order valence-corrected chi connectivity index (χ4v) is 3.95. The predicted molar refractivity (Wildman–Crippen MR) is 122 cm³/mol. The van der Waals surface area contributed by atoms with E-state index in [0.29, 0.717) is 30.8 Å². The van der Waals surface area contributed by atoms with Crippen LogP contribution in [-0.2, 0) is 17.6 Å². The van der Waals surface area contributed by atoms with Crippen molar-refractivity contribution >= 4 is 23.6 Å². The van der Waals surface area contributed by atoms with Crippen molar-refractivity contribution in [2.24, 2.45) is 5.73 Å². The Morgan fingerprint density at radius 2 is 1.91 bits per heavy atom. The van der Waals surface area contributed by atoms with Crippen molar-refractivity contribution in [3.05, 3.63) is 71.7 Å². The average molecular weight is 464 g/mol. The van der Waals surface area contributed by atoms with Gasteiger partial charge in [0.2, 0.25) is 5.91 Å².